The molecule has 0 aromatic heterocycles. The maximum absolute atomic E-state index is 14.3. The van der Waals surface area contributed by atoms with E-state index in [1.165, 1.54) is 35.5 Å². The summed E-state index contributed by atoms with van der Waals surface area (Å²) in [6.45, 7) is 16.3. The highest BCUT2D eigenvalue weighted by atomic mass is 32.2. The molecular formula is C32H51N3O6S. The SMILES string of the molecule is CCC(SC)[C@H](NC(=O)[C@@H](N(C)C(=O)OC(C)(C)C)C(C)(C)c1ccccc1)C(=O)N(C)[C@H](/C=C(\C)C(=O)O)C(C)C. The van der Waals surface area contributed by atoms with E-state index in [0.717, 1.165) is 5.56 Å². The summed E-state index contributed by atoms with van der Waals surface area (Å²) in [6.07, 6.45) is 3.39. The lowest BCUT2D eigenvalue weighted by Gasteiger charge is -2.41. The van der Waals surface area contributed by atoms with Crippen LogP contribution in [0.3, 0.4) is 0 Å². The lowest BCUT2D eigenvalue weighted by atomic mass is 9.76. The minimum Gasteiger partial charge on any atom is -0.478 e. The molecule has 4 atom stereocenters. The zero-order valence-electron chi connectivity index (χ0n) is 27.3. The smallest absolute Gasteiger partial charge is 0.410 e. The molecule has 9 nitrogen and oxygen atoms in total. The number of rotatable bonds is 13. The quantitative estimate of drug-likeness (QED) is 0.292. The monoisotopic (exact) mass is 605 g/mol. The molecule has 3 amide bonds. The number of hydrogen-bond donors (Lipinski definition) is 2. The molecule has 0 aliphatic rings. The van der Waals surface area contributed by atoms with Crippen LogP contribution < -0.4 is 5.32 Å². The van der Waals surface area contributed by atoms with Crippen molar-refractivity contribution in [3.8, 4) is 0 Å². The van der Waals surface area contributed by atoms with E-state index in [9.17, 15) is 24.3 Å². The Morgan fingerprint density at radius 3 is 2.00 bits per heavy atom. The van der Waals surface area contributed by atoms with Gasteiger partial charge in [0.25, 0.3) is 0 Å². The number of carbonyl (C=O) groups is 4. The van der Waals surface area contributed by atoms with Crippen molar-refractivity contribution in [3.05, 3.63) is 47.5 Å². The minimum absolute atomic E-state index is 0.0815. The predicted octanol–water partition coefficient (Wildman–Crippen LogP) is 5.34. The topological polar surface area (TPSA) is 116 Å². The highest BCUT2D eigenvalue weighted by molar-refractivity contribution is 7.99. The van der Waals surface area contributed by atoms with Crippen LogP contribution in [0.25, 0.3) is 0 Å². The molecule has 0 aliphatic carbocycles. The fraction of sp³-hybridized carbons (Fsp3) is 0.625. The summed E-state index contributed by atoms with van der Waals surface area (Å²) in [6, 6.07) is 6.98. The molecule has 236 valence electrons. The number of nitrogens with one attached hydrogen (secondary N) is 1. The van der Waals surface area contributed by atoms with Gasteiger partial charge in [-0.15, -0.1) is 0 Å². The number of likely N-dealkylation sites (N-methyl/N-ethyl adjacent to an activating group) is 2. The first-order valence-corrected chi connectivity index (χ1v) is 15.6. The van der Waals surface area contributed by atoms with E-state index in [1.54, 1.807) is 33.9 Å². The second-order valence-corrected chi connectivity index (χ2v) is 13.7. The number of hydrogen-bond acceptors (Lipinski definition) is 6. The average molecular weight is 606 g/mol. The lowest BCUT2D eigenvalue weighted by molar-refractivity contribution is -0.139. The van der Waals surface area contributed by atoms with E-state index in [1.807, 2.05) is 71.2 Å². The molecule has 1 unspecified atom stereocenters. The number of carboxylic acids is 1. The Bertz CT molecular complexity index is 1110. The third kappa shape index (κ3) is 9.78. The number of amides is 3. The normalized spacial score (nSPS) is 15.3. The standard InChI is InChI=1S/C32H51N3O6S/c1-13-24(42-12)25(28(37)34(10)23(20(2)3)19-21(4)29(38)39)33-27(36)26(35(11)30(40)41-31(5,6)7)32(8,9)22-17-15-14-16-18-22/h14-20,23-26H,13H2,1-12H3,(H,33,36)(H,38,39)/b21-19+/t23-,24?,25+,26-/m1/s1. The summed E-state index contributed by atoms with van der Waals surface area (Å²) in [4.78, 5) is 56.0. The summed E-state index contributed by atoms with van der Waals surface area (Å²) in [5, 5.41) is 12.2. The number of thioether (sulfide) groups is 1. The molecule has 1 aromatic rings. The molecule has 0 fully saturated rings. The molecule has 0 heterocycles. The summed E-state index contributed by atoms with van der Waals surface area (Å²) < 4.78 is 5.63. The van der Waals surface area contributed by atoms with Crippen molar-refractivity contribution in [1.82, 2.24) is 15.1 Å². The molecule has 42 heavy (non-hydrogen) atoms. The first-order valence-electron chi connectivity index (χ1n) is 14.3. The van der Waals surface area contributed by atoms with Gasteiger partial charge in [-0.05, 0) is 51.9 Å². The second-order valence-electron chi connectivity index (χ2n) is 12.6. The van der Waals surface area contributed by atoms with E-state index >= 15 is 0 Å². The number of carbonyl (C=O) groups excluding carboxylic acids is 3. The number of ether oxygens (including phenoxy) is 1. The fourth-order valence-electron chi connectivity index (χ4n) is 4.98. The van der Waals surface area contributed by atoms with Gasteiger partial charge in [0.2, 0.25) is 11.8 Å². The maximum Gasteiger partial charge on any atom is 0.410 e. The highest BCUT2D eigenvalue weighted by Gasteiger charge is 2.45. The van der Waals surface area contributed by atoms with E-state index < -0.39 is 47.1 Å². The molecule has 10 heteroatoms. The Morgan fingerprint density at radius 2 is 1.57 bits per heavy atom. The lowest BCUT2D eigenvalue weighted by Crippen LogP contribution is -2.62. The van der Waals surface area contributed by atoms with Crippen molar-refractivity contribution in [1.29, 1.82) is 0 Å². The highest BCUT2D eigenvalue weighted by Crippen LogP contribution is 2.32. The molecular weight excluding hydrogens is 554 g/mol. The molecule has 0 bridgehead atoms. The van der Waals surface area contributed by atoms with Gasteiger partial charge in [0.15, 0.2) is 0 Å². The summed E-state index contributed by atoms with van der Waals surface area (Å²) in [5.41, 5.74) is -0.662. The van der Waals surface area contributed by atoms with Crippen molar-refractivity contribution in [2.24, 2.45) is 5.92 Å². The van der Waals surface area contributed by atoms with E-state index in [2.05, 4.69) is 5.32 Å². The van der Waals surface area contributed by atoms with Crippen LogP contribution in [0.4, 0.5) is 4.79 Å². The zero-order chi connectivity index (χ0) is 32.6. The van der Waals surface area contributed by atoms with Crippen LogP contribution in [0.15, 0.2) is 42.0 Å². The summed E-state index contributed by atoms with van der Waals surface area (Å²) in [7, 11) is 3.16. The van der Waals surface area contributed by atoms with Crippen molar-refractivity contribution in [2.45, 2.75) is 103 Å². The van der Waals surface area contributed by atoms with Crippen LogP contribution >= 0.6 is 11.8 Å². The van der Waals surface area contributed by atoms with Crippen molar-refractivity contribution in [3.63, 3.8) is 0 Å². The van der Waals surface area contributed by atoms with Crippen LogP contribution in [-0.4, -0.2) is 88.1 Å². The van der Waals surface area contributed by atoms with Crippen LogP contribution in [0, 0.1) is 5.92 Å². The molecule has 1 aromatic carbocycles. The van der Waals surface area contributed by atoms with Gasteiger partial charge < -0.3 is 20.1 Å². The molecule has 0 radical (unpaired) electrons. The van der Waals surface area contributed by atoms with E-state index in [-0.39, 0.29) is 22.6 Å². The molecule has 0 saturated carbocycles. The van der Waals surface area contributed by atoms with Crippen LogP contribution in [0.2, 0.25) is 0 Å². The van der Waals surface area contributed by atoms with Gasteiger partial charge in [0.1, 0.15) is 17.7 Å². The van der Waals surface area contributed by atoms with Gasteiger partial charge in [0.05, 0.1) is 6.04 Å². The van der Waals surface area contributed by atoms with Gasteiger partial charge in [-0.25, -0.2) is 9.59 Å². The van der Waals surface area contributed by atoms with Crippen LogP contribution in [0.1, 0.15) is 74.3 Å². The number of aliphatic carboxylic acids is 1. The molecule has 0 aliphatic heterocycles. The Balaban J connectivity index is 3.63. The van der Waals surface area contributed by atoms with E-state index in [4.69, 9.17) is 4.74 Å². The van der Waals surface area contributed by atoms with Gasteiger partial charge in [-0.3, -0.25) is 14.5 Å². The number of nitrogens with zero attached hydrogens (tertiary/aromatic N) is 2. The second kappa shape index (κ2) is 15.5. The third-order valence-corrected chi connectivity index (χ3v) is 8.61. The van der Waals surface area contributed by atoms with E-state index in [0.29, 0.717) is 6.42 Å². The fourth-order valence-corrected chi connectivity index (χ4v) is 5.77. The number of benzene rings is 1. The molecule has 2 N–H and O–H groups in total. The Morgan fingerprint density at radius 1 is 1.02 bits per heavy atom. The summed E-state index contributed by atoms with van der Waals surface area (Å²) >= 11 is 1.47. The minimum atomic E-state index is -1.06. The van der Waals surface area contributed by atoms with Crippen molar-refractivity contribution in [2.75, 3.05) is 20.4 Å². The largest absolute Gasteiger partial charge is 0.478 e. The maximum atomic E-state index is 14.3. The van der Waals surface area contributed by atoms with Crippen molar-refractivity contribution >= 4 is 35.6 Å². The predicted molar refractivity (Wildman–Crippen MR) is 170 cm³/mol. The van der Waals surface area contributed by atoms with Crippen LogP contribution in [-0.2, 0) is 24.5 Å². The van der Waals surface area contributed by atoms with Gasteiger partial charge in [-0.2, -0.15) is 11.8 Å². The molecule has 0 spiro atoms. The first kappa shape index (κ1) is 37.0. The average Bonchev–Trinajstić information content (AvgIpc) is 2.89. The van der Waals surface area contributed by atoms with Crippen molar-refractivity contribution < 1.29 is 29.0 Å². The molecule has 1 rings (SSSR count). The van der Waals surface area contributed by atoms with Gasteiger partial charge >= 0.3 is 12.1 Å². The first-order chi connectivity index (χ1) is 19.3. The Hall–Kier alpha value is -3.01. The zero-order valence-corrected chi connectivity index (χ0v) is 28.2. The number of carboxylic acid groups (broad SMARTS) is 1. The van der Waals surface area contributed by atoms with Gasteiger partial charge in [0, 0.05) is 30.3 Å². The third-order valence-electron chi connectivity index (χ3n) is 7.40. The molecule has 0 saturated heterocycles. The van der Waals surface area contributed by atoms with Crippen LogP contribution in [0.5, 0.6) is 0 Å². The van der Waals surface area contributed by atoms with Gasteiger partial charge in [-0.1, -0.05) is 71.0 Å². The Labute approximate surface area is 256 Å². The summed E-state index contributed by atoms with van der Waals surface area (Å²) in [5.74, 6) is -1.97. The Kier molecular flexibility index (Phi) is 13.6.